The van der Waals surface area contributed by atoms with E-state index in [2.05, 4.69) is 26.8 Å². The summed E-state index contributed by atoms with van der Waals surface area (Å²) in [7, 11) is 0. The van der Waals surface area contributed by atoms with Crippen LogP contribution in [0.25, 0.3) is 0 Å². The smallest absolute Gasteiger partial charge is 0.0760 e. The van der Waals surface area contributed by atoms with Crippen LogP contribution in [0.2, 0.25) is 0 Å². The molecule has 1 rings (SSSR count). The molecule has 2 atom stereocenters. The predicted octanol–water partition coefficient (Wildman–Crippen LogP) is 2.77. The molecule has 0 radical (unpaired) electrons. The molecule has 1 aliphatic rings. The molecule has 0 aliphatic carbocycles. The Kier molecular flexibility index (Phi) is 3.13. The Hall–Kier alpha value is -0.300. The van der Waals surface area contributed by atoms with Gasteiger partial charge in [-0.2, -0.15) is 0 Å². The number of ether oxygens (including phenoxy) is 1. The van der Waals surface area contributed by atoms with Gasteiger partial charge in [0, 0.05) is 6.61 Å². The third-order valence-electron chi connectivity index (χ3n) is 2.10. The lowest BCUT2D eigenvalue weighted by molar-refractivity contribution is 0.0235. The topological polar surface area (TPSA) is 9.23 Å². The molecule has 1 heterocycles. The first-order valence-electron chi connectivity index (χ1n) is 4.45. The van der Waals surface area contributed by atoms with Gasteiger partial charge in [0.05, 0.1) is 6.10 Å². The van der Waals surface area contributed by atoms with E-state index < -0.39 is 0 Å². The Bertz CT molecular complexity index is 145. The van der Waals surface area contributed by atoms with E-state index in [1.54, 1.807) is 0 Å². The van der Waals surface area contributed by atoms with Gasteiger partial charge < -0.3 is 4.74 Å². The zero-order chi connectivity index (χ0) is 8.27. The SMILES string of the molecule is CC(C)=C[C@H]1CC(C)CCO1. The minimum atomic E-state index is 0.392. The standard InChI is InChI=1S/C10H18O/c1-8(2)6-10-7-9(3)4-5-11-10/h6,9-10H,4-5,7H2,1-3H3/t9?,10-/m0/s1. The normalized spacial score (nSPS) is 31.5. The van der Waals surface area contributed by atoms with Crippen LogP contribution < -0.4 is 0 Å². The van der Waals surface area contributed by atoms with Gasteiger partial charge in [-0.1, -0.05) is 18.6 Å². The fourth-order valence-corrected chi connectivity index (χ4v) is 1.49. The van der Waals surface area contributed by atoms with Crippen molar-refractivity contribution in [2.24, 2.45) is 5.92 Å². The van der Waals surface area contributed by atoms with Gasteiger partial charge in [0.15, 0.2) is 0 Å². The second-order valence-electron chi connectivity index (χ2n) is 3.78. The zero-order valence-corrected chi connectivity index (χ0v) is 7.76. The Morgan fingerprint density at radius 1 is 1.45 bits per heavy atom. The highest BCUT2D eigenvalue weighted by Gasteiger charge is 2.16. The molecule has 1 saturated heterocycles. The van der Waals surface area contributed by atoms with Gasteiger partial charge in [-0.05, 0) is 32.6 Å². The lowest BCUT2D eigenvalue weighted by Crippen LogP contribution is -2.22. The lowest BCUT2D eigenvalue weighted by atomic mass is 9.97. The molecule has 1 aliphatic heterocycles. The van der Waals surface area contributed by atoms with Crippen LogP contribution >= 0.6 is 0 Å². The zero-order valence-electron chi connectivity index (χ0n) is 7.76. The average molecular weight is 154 g/mol. The van der Waals surface area contributed by atoms with Gasteiger partial charge in [-0.25, -0.2) is 0 Å². The third-order valence-corrected chi connectivity index (χ3v) is 2.10. The van der Waals surface area contributed by atoms with Crippen molar-refractivity contribution in [2.75, 3.05) is 6.61 Å². The molecular formula is C10H18O. The molecule has 0 aromatic rings. The number of hydrogen-bond donors (Lipinski definition) is 0. The summed E-state index contributed by atoms with van der Waals surface area (Å²) in [5.41, 5.74) is 1.36. The van der Waals surface area contributed by atoms with Crippen molar-refractivity contribution in [3.8, 4) is 0 Å². The maximum absolute atomic E-state index is 5.58. The molecule has 1 unspecified atom stereocenters. The van der Waals surface area contributed by atoms with E-state index in [4.69, 9.17) is 4.74 Å². The summed E-state index contributed by atoms with van der Waals surface area (Å²) in [4.78, 5) is 0. The van der Waals surface area contributed by atoms with Crippen LogP contribution in [0.4, 0.5) is 0 Å². The van der Waals surface area contributed by atoms with E-state index >= 15 is 0 Å². The van der Waals surface area contributed by atoms with Gasteiger partial charge in [0.1, 0.15) is 0 Å². The van der Waals surface area contributed by atoms with Crippen molar-refractivity contribution in [1.82, 2.24) is 0 Å². The summed E-state index contributed by atoms with van der Waals surface area (Å²) in [6.45, 7) is 7.50. The third kappa shape index (κ3) is 3.06. The minimum absolute atomic E-state index is 0.392. The summed E-state index contributed by atoms with van der Waals surface area (Å²) < 4.78 is 5.58. The van der Waals surface area contributed by atoms with E-state index in [0.29, 0.717) is 6.10 Å². The van der Waals surface area contributed by atoms with Gasteiger partial charge in [0.2, 0.25) is 0 Å². The maximum atomic E-state index is 5.58. The largest absolute Gasteiger partial charge is 0.374 e. The second-order valence-corrected chi connectivity index (χ2v) is 3.78. The monoisotopic (exact) mass is 154 g/mol. The number of rotatable bonds is 1. The van der Waals surface area contributed by atoms with Gasteiger partial charge in [0.25, 0.3) is 0 Å². The molecule has 0 aromatic heterocycles. The molecule has 0 spiro atoms. The maximum Gasteiger partial charge on any atom is 0.0760 e. The number of hydrogen-bond acceptors (Lipinski definition) is 1. The van der Waals surface area contributed by atoms with Crippen LogP contribution in [-0.2, 0) is 4.74 Å². The first kappa shape index (κ1) is 8.79. The van der Waals surface area contributed by atoms with E-state index in [9.17, 15) is 0 Å². The molecule has 1 heteroatoms. The number of allylic oxidation sites excluding steroid dienone is 1. The predicted molar refractivity (Wildman–Crippen MR) is 47.6 cm³/mol. The van der Waals surface area contributed by atoms with Crippen LogP contribution in [0.1, 0.15) is 33.6 Å². The van der Waals surface area contributed by atoms with Crippen LogP contribution in [0.3, 0.4) is 0 Å². The van der Waals surface area contributed by atoms with Crippen molar-refractivity contribution < 1.29 is 4.74 Å². The van der Waals surface area contributed by atoms with E-state index in [1.165, 1.54) is 18.4 Å². The first-order chi connectivity index (χ1) is 5.18. The van der Waals surface area contributed by atoms with Crippen molar-refractivity contribution in [3.63, 3.8) is 0 Å². The van der Waals surface area contributed by atoms with Crippen molar-refractivity contribution in [3.05, 3.63) is 11.6 Å². The molecule has 1 fully saturated rings. The molecule has 0 saturated carbocycles. The summed E-state index contributed by atoms with van der Waals surface area (Å²) in [5.74, 6) is 0.837. The first-order valence-corrected chi connectivity index (χ1v) is 4.45. The molecule has 0 N–H and O–H groups in total. The molecule has 1 nitrogen and oxygen atoms in total. The van der Waals surface area contributed by atoms with Crippen molar-refractivity contribution in [2.45, 2.75) is 39.7 Å². The highest BCUT2D eigenvalue weighted by molar-refractivity contribution is 4.99. The average Bonchev–Trinajstić information content (AvgIpc) is 1.85. The molecule has 0 aromatic carbocycles. The van der Waals surface area contributed by atoms with Crippen molar-refractivity contribution in [1.29, 1.82) is 0 Å². The van der Waals surface area contributed by atoms with Gasteiger partial charge >= 0.3 is 0 Å². The Morgan fingerprint density at radius 2 is 2.18 bits per heavy atom. The second kappa shape index (κ2) is 3.91. The van der Waals surface area contributed by atoms with Crippen LogP contribution in [-0.4, -0.2) is 12.7 Å². The molecule has 11 heavy (non-hydrogen) atoms. The molecule has 0 amide bonds. The van der Waals surface area contributed by atoms with E-state index in [0.717, 1.165) is 12.5 Å². The Morgan fingerprint density at radius 3 is 2.73 bits per heavy atom. The summed E-state index contributed by atoms with van der Waals surface area (Å²) in [5, 5.41) is 0. The molecule has 64 valence electrons. The molecule has 0 bridgehead atoms. The van der Waals surface area contributed by atoms with Crippen LogP contribution in [0, 0.1) is 5.92 Å². The fraction of sp³-hybridized carbons (Fsp3) is 0.800. The summed E-state index contributed by atoms with van der Waals surface area (Å²) >= 11 is 0. The highest BCUT2D eigenvalue weighted by atomic mass is 16.5. The van der Waals surface area contributed by atoms with Crippen LogP contribution in [0.15, 0.2) is 11.6 Å². The quantitative estimate of drug-likeness (QED) is 0.528. The highest BCUT2D eigenvalue weighted by Crippen LogP contribution is 2.20. The van der Waals surface area contributed by atoms with Gasteiger partial charge in [-0.15, -0.1) is 0 Å². The summed E-state index contributed by atoms with van der Waals surface area (Å²) in [6.07, 6.45) is 5.05. The lowest BCUT2D eigenvalue weighted by Gasteiger charge is -2.25. The van der Waals surface area contributed by atoms with Crippen LogP contribution in [0.5, 0.6) is 0 Å². The Balaban J connectivity index is 2.40. The van der Waals surface area contributed by atoms with E-state index in [-0.39, 0.29) is 0 Å². The molecular weight excluding hydrogens is 136 g/mol. The summed E-state index contributed by atoms with van der Waals surface area (Å²) in [6, 6.07) is 0. The van der Waals surface area contributed by atoms with E-state index in [1.807, 2.05) is 0 Å². The minimum Gasteiger partial charge on any atom is -0.374 e. The van der Waals surface area contributed by atoms with Gasteiger partial charge in [-0.3, -0.25) is 0 Å². The van der Waals surface area contributed by atoms with Crippen molar-refractivity contribution >= 4 is 0 Å². The Labute approximate surface area is 69.4 Å². The fourth-order valence-electron chi connectivity index (χ4n) is 1.49.